The second kappa shape index (κ2) is 7.40. The normalized spacial score (nSPS) is 10.2. The molecule has 0 aliphatic carbocycles. The summed E-state index contributed by atoms with van der Waals surface area (Å²) in [5.41, 5.74) is 0.549. The van der Waals surface area contributed by atoms with Crippen molar-refractivity contribution in [3.05, 3.63) is 83.9 Å². The van der Waals surface area contributed by atoms with Gasteiger partial charge in [-0.25, -0.2) is 9.59 Å². The Bertz CT molecular complexity index is 834. The maximum Gasteiger partial charge on any atom is 0.343 e. The molecule has 3 rings (SSSR count). The molecule has 0 saturated heterocycles. The Hall–Kier alpha value is -3.80. The lowest BCUT2D eigenvalue weighted by Gasteiger charge is -2.08. The largest absolute Gasteiger partial charge is 0.872 e. The van der Waals surface area contributed by atoms with E-state index < -0.39 is 11.9 Å². The van der Waals surface area contributed by atoms with Crippen molar-refractivity contribution in [2.24, 2.45) is 0 Å². The Morgan fingerprint density at radius 3 is 1.46 bits per heavy atom. The first-order chi connectivity index (χ1) is 12.5. The molecule has 6 heteroatoms. The first-order valence-electron chi connectivity index (χ1n) is 7.62. The molecule has 0 atom stereocenters. The highest BCUT2D eigenvalue weighted by atomic mass is 16.5. The van der Waals surface area contributed by atoms with Crippen LogP contribution in [0.2, 0.25) is 0 Å². The minimum Gasteiger partial charge on any atom is -0.872 e. The van der Waals surface area contributed by atoms with E-state index in [9.17, 15) is 19.8 Å². The Morgan fingerprint density at radius 2 is 1.04 bits per heavy atom. The molecule has 6 nitrogen and oxygen atoms in total. The minimum absolute atomic E-state index is 0.0533. The number of phenols is 1. The maximum atomic E-state index is 12.0. The lowest BCUT2D eigenvalue weighted by molar-refractivity contribution is -0.268. The quantitative estimate of drug-likeness (QED) is 0.575. The van der Waals surface area contributed by atoms with Gasteiger partial charge in [-0.2, -0.15) is 0 Å². The third-order valence-corrected chi connectivity index (χ3v) is 3.44. The van der Waals surface area contributed by atoms with Gasteiger partial charge in [0.25, 0.3) is 0 Å². The summed E-state index contributed by atoms with van der Waals surface area (Å²) < 4.78 is 10.4. The van der Waals surface area contributed by atoms with Gasteiger partial charge in [0.05, 0.1) is 11.1 Å². The van der Waals surface area contributed by atoms with Gasteiger partial charge >= 0.3 is 11.9 Å². The van der Waals surface area contributed by atoms with E-state index in [-0.39, 0.29) is 28.6 Å². The Kier molecular flexibility index (Phi) is 4.85. The zero-order valence-electron chi connectivity index (χ0n) is 13.4. The van der Waals surface area contributed by atoms with Crippen molar-refractivity contribution in [1.82, 2.24) is 0 Å². The fourth-order valence-electron chi connectivity index (χ4n) is 2.10. The summed E-state index contributed by atoms with van der Waals surface area (Å²) in [6.07, 6.45) is 0. The summed E-state index contributed by atoms with van der Waals surface area (Å²) in [5, 5.41) is 20.3. The Morgan fingerprint density at radius 1 is 0.654 bits per heavy atom. The van der Waals surface area contributed by atoms with E-state index in [1.165, 1.54) is 72.8 Å². The van der Waals surface area contributed by atoms with E-state index in [0.29, 0.717) is 5.56 Å². The summed E-state index contributed by atoms with van der Waals surface area (Å²) in [4.78, 5) is 24.0. The van der Waals surface area contributed by atoms with Gasteiger partial charge < -0.3 is 19.7 Å². The standard InChI is InChI=1S/C20H14O6/c21-15-5-1-13(2-6-15)19(23)25-17-9-11-18(12-10-17)26-20(24)14-3-7-16(22)8-4-14/h1-12,21-22H/p-1. The summed E-state index contributed by atoms with van der Waals surface area (Å²) in [6.45, 7) is 0. The van der Waals surface area contributed by atoms with Gasteiger partial charge in [0.15, 0.2) is 0 Å². The van der Waals surface area contributed by atoms with Crippen molar-refractivity contribution >= 4 is 11.9 Å². The van der Waals surface area contributed by atoms with Crippen LogP contribution < -0.4 is 14.6 Å². The second-order valence-electron chi connectivity index (χ2n) is 5.32. The number of benzene rings is 3. The lowest BCUT2D eigenvalue weighted by Crippen LogP contribution is -2.09. The molecule has 0 unspecified atom stereocenters. The number of hydrogen-bond donors (Lipinski definition) is 1. The zero-order valence-corrected chi connectivity index (χ0v) is 13.4. The maximum absolute atomic E-state index is 12.0. The fraction of sp³-hybridized carbons (Fsp3) is 0. The van der Waals surface area contributed by atoms with Crippen LogP contribution in [0.15, 0.2) is 72.8 Å². The predicted molar refractivity (Wildman–Crippen MR) is 90.4 cm³/mol. The van der Waals surface area contributed by atoms with Gasteiger partial charge in [0.2, 0.25) is 0 Å². The fourth-order valence-corrected chi connectivity index (χ4v) is 2.10. The van der Waals surface area contributed by atoms with Crippen LogP contribution >= 0.6 is 0 Å². The second-order valence-corrected chi connectivity index (χ2v) is 5.32. The van der Waals surface area contributed by atoms with Crippen LogP contribution in [-0.4, -0.2) is 17.0 Å². The topological polar surface area (TPSA) is 95.9 Å². The number of carbonyl (C=O) groups excluding carboxylic acids is 2. The Labute approximate surface area is 148 Å². The molecule has 26 heavy (non-hydrogen) atoms. The smallest absolute Gasteiger partial charge is 0.343 e. The van der Waals surface area contributed by atoms with Gasteiger partial charge in [0, 0.05) is 0 Å². The number of ether oxygens (including phenoxy) is 2. The lowest BCUT2D eigenvalue weighted by atomic mass is 10.2. The molecular weight excluding hydrogens is 336 g/mol. The van der Waals surface area contributed by atoms with E-state index in [4.69, 9.17) is 9.47 Å². The summed E-state index contributed by atoms with van der Waals surface area (Å²) >= 11 is 0. The van der Waals surface area contributed by atoms with Gasteiger partial charge in [-0.1, -0.05) is 12.1 Å². The SMILES string of the molecule is O=C(Oc1ccc(OC(=O)c2ccc(O)cc2)cc1)c1ccc([O-])cc1. The van der Waals surface area contributed by atoms with Crippen LogP contribution in [-0.2, 0) is 0 Å². The van der Waals surface area contributed by atoms with Crippen LogP contribution in [0, 0.1) is 0 Å². The number of phenolic OH excluding ortho intramolecular Hbond substituents is 1. The number of aromatic hydroxyl groups is 1. The zero-order chi connectivity index (χ0) is 18.5. The van der Waals surface area contributed by atoms with E-state index in [0.717, 1.165) is 0 Å². The number of carbonyl (C=O) groups is 2. The van der Waals surface area contributed by atoms with Crippen molar-refractivity contribution in [2.45, 2.75) is 0 Å². The predicted octanol–water partition coefficient (Wildman–Crippen LogP) is 2.90. The molecule has 0 saturated carbocycles. The molecule has 0 aliphatic heterocycles. The van der Waals surface area contributed by atoms with Gasteiger partial charge in [0.1, 0.15) is 17.2 Å². The first-order valence-corrected chi connectivity index (χ1v) is 7.62. The first kappa shape index (κ1) is 17.0. The molecule has 0 amide bonds. The highest BCUT2D eigenvalue weighted by molar-refractivity contribution is 5.92. The third kappa shape index (κ3) is 4.18. The number of rotatable bonds is 4. The van der Waals surface area contributed by atoms with E-state index in [2.05, 4.69) is 0 Å². The molecular formula is C20H13O6-. The van der Waals surface area contributed by atoms with Crippen LogP contribution in [0.25, 0.3) is 0 Å². The van der Waals surface area contributed by atoms with Crippen molar-refractivity contribution in [1.29, 1.82) is 0 Å². The van der Waals surface area contributed by atoms with Crippen LogP contribution in [0.5, 0.6) is 23.0 Å². The molecule has 0 aliphatic rings. The van der Waals surface area contributed by atoms with E-state index >= 15 is 0 Å². The van der Waals surface area contributed by atoms with Gasteiger partial charge in [-0.05, 0) is 60.7 Å². The Balaban J connectivity index is 1.62. The molecule has 3 aromatic carbocycles. The number of hydrogen-bond acceptors (Lipinski definition) is 6. The van der Waals surface area contributed by atoms with Gasteiger partial charge in [-0.15, -0.1) is 5.75 Å². The average molecular weight is 349 g/mol. The molecule has 1 N–H and O–H groups in total. The monoisotopic (exact) mass is 349 g/mol. The molecule has 0 heterocycles. The summed E-state index contributed by atoms with van der Waals surface area (Å²) in [5.74, 6) is -0.769. The van der Waals surface area contributed by atoms with E-state index in [1.54, 1.807) is 0 Å². The molecule has 3 aromatic rings. The van der Waals surface area contributed by atoms with Crippen molar-refractivity contribution in [3.63, 3.8) is 0 Å². The van der Waals surface area contributed by atoms with Crippen LogP contribution in [0.3, 0.4) is 0 Å². The molecule has 0 aromatic heterocycles. The minimum atomic E-state index is -0.598. The molecule has 0 bridgehead atoms. The highest BCUT2D eigenvalue weighted by Gasteiger charge is 2.10. The summed E-state index contributed by atoms with van der Waals surface area (Å²) in [6, 6.07) is 16.9. The van der Waals surface area contributed by atoms with Crippen LogP contribution in [0.1, 0.15) is 20.7 Å². The third-order valence-electron chi connectivity index (χ3n) is 3.44. The summed E-state index contributed by atoms with van der Waals surface area (Å²) in [7, 11) is 0. The van der Waals surface area contributed by atoms with Crippen LogP contribution in [0.4, 0.5) is 0 Å². The van der Waals surface area contributed by atoms with E-state index in [1.807, 2.05) is 0 Å². The average Bonchev–Trinajstić information content (AvgIpc) is 2.64. The molecule has 0 spiro atoms. The van der Waals surface area contributed by atoms with Crippen molar-refractivity contribution in [2.75, 3.05) is 0 Å². The highest BCUT2D eigenvalue weighted by Crippen LogP contribution is 2.20. The molecule has 0 fully saturated rings. The van der Waals surface area contributed by atoms with Crippen molar-refractivity contribution in [3.8, 4) is 23.0 Å². The molecule has 0 radical (unpaired) electrons. The molecule has 130 valence electrons. The van der Waals surface area contributed by atoms with Crippen molar-refractivity contribution < 1.29 is 29.3 Å². The van der Waals surface area contributed by atoms with Gasteiger partial charge in [-0.3, -0.25) is 0 Å². The number of esters is 2.